The minimum Gasteiger partial charge on any atom is -0.352 e. The average Bonchev–Trinajstić information content (AvgIpc) is 2.99. The van der Waals surface area contributed by atoms with Gasteiger partial charge in [0.2, 0.25) is 5.91 Å². The smallest absolute Gasteiger partial charge is 0.253 e. The van der Waals surface area contributed by atoms with Crippen molar-refractivity contribution >= 4 is 29.1 Å². The Hall–Kier alpha value is -1.55. The van der Waals surface area contributed by atoms with Crippen LogP contribution in [0.15, 0.2) is 18.2 Å². The molecular formula is C16H21ClN2O2. The van der Waals surface area contributed by atoms with Gasteiger partial charge in [-0.1, -0.05) is 31.4 Å². The van der Waals surface area contributed by atoms with Gasteiger partial charge in [-0.3, -0.25) is 9.59 Å². The van der Waals surface area contributed by atoms with Crippen LogP contribution in [0.5, 0.6) is 0 Å². The molecule has 2 amide bonds. The van der Waals surface area contributed by atoms with Gasteiger partial charge in [0, 0.05) is 17.5 Å². The minimum absolute atomic E-state index is 0.0145. The van der Waals surface area contributed by atoms with Crippen molar-refractivity contribution in [3.63, 3.8) is 0 Å². The molecule has 0 spiro atoms. The molecule has 1 aromatic rings. The zero-order valence-corrected chi connectivity index (χ0v) is 13.0. The molecule has 0 aromatic heterocycles. The lowest BCUT2D eigenvalue weighted by Crippen LogP contribution is -2.27. The van der Waals surface area contributed by atoms with Crippen LogP contribution in [0.25, 0.3) is 0 Å². The van der Waals surface area contributed by atoms with Gasteiger partial charge in [-0.25, -0.2) is 0 Å². The quantitative estimate of drug-likeness (QED) is 0.873. The Labute approximate surface area is 130 Å². The summed E-state index contributed by atoms with van der Waals surface area (Å²) in [7, 11) is 0. The molecule has 2 rings (SSSR count). The van der Waals surface area contributed by atoms with Gasteiger partial charge in [-0.15, -0.1) is 0 Å². The fourth-order valence-corrected chi connectivity index (χ4v) is 2.75. The molecule has 2 N–H and O–H groups in total. The van der Waals surface area contributed by atoms with Gasteiger partial charge < -0.3 is 10.6 Å². The van der Waals surface area contributed by atoms with E-state index in [2.05, 4.69) is 10.6 Å². The molecule has 4 nitrogen and oxygen atoms in total. The Kier molecular flexibility index (Phi) is 5.62. The highest BCUT2D eigenvalue weighted by molar-refractivity contribution is 6.31. The van der Waals surface area contributed by atoms with Gasteiger partial charge in [0.05, 0.1) is 11.3 Å². The van der Waals surface area contributed by atoms with Gasteiger partial charge in [-0.2, -0.15) is 0 Å². The summed E-state index contributed by atoms with van der Waals surface area (Å²) in [5.41, 5.74) is 0.951. The Morgan fingerprint density at radius 3 is 2.67 bits per heavy atom. The summed E-state index contributed by atoms with van der Waals surface area (Å²) in [6.45, 7) is 2.60. The van der Waals surface area contributed by atoms with Crippen molar-refractivity contribution in [3.05, 3.63) is 28.8 Å². The van der Waals surface area contributed by atoms with Crippen molar-refractivity contribution in [2.45, 2.75) is 39.0 Å². The molecule has 5 heteroatoms. The molecule has 114 valence electrons. The number of halogens is 1. The van der Waals surface area contributed by atoms with Crippen LogP contribution in [0.4, 0.5) is 5.69 Å². The SMILES string of the molecule is CCCNC(=O)c1ccc(Cl)cc1NC(=O)C1CCCC1. The third-order valence-electron chi connectivity index (χ3n) is 3.75. The molecule has 0 atom stereocenters. The number of hydrogen-bond acceptors (Lipinski definition) is 2. The number of benzene rings is 1. The highest BCUT2D eigenvalue weighted by Gasteiger charge is 2.24. The van der Waals surface area contributed by atoms with Crippen LogP contribution >= 0.6 is 11.6 Å². The lowest BCUT2D eigenvalue weighted by Gasteiger charge is -2.14. The van der Waals surface area contributed by atoms with Gasteiger partial charge in [0.15, 0.2) is 0 Å². The Morgan fingerprint density at radius 2 is 2.00 bits per heavy atom. The summed E-state index contributed by atoms with van der Waals surface area (Å²) in [5, 5.41) is 6.19. The molecule has 1 saturated carbocycles. The van der Waals surface area contributed by atoms with E-state index in [-0.39, 0.29) is 17.7 Å². The molecule has 0 aliphatic heterocycles. The lowest BCUT2D eigenvalue weighted by atomic mass is 10.1. The van der Waals surface area contributed by atoms with Gasteiger partial charge in [-0.05, 0) is 37.5 Å². The van der Waals surface area contributed by atoms with Crippen LogP contribution in [-0.4, -0.2) is 18.4 Å². The van der Waals surface area contributed by atoms with Crippen LogP contribution in [-0.2, 0) is 4.79 Å². The predicted octanol–water partition coefficient (Wildman–Crippen LogP) is 3.61. The first-order chi connectivity index (χ1) is 10.1. The molecular weight excluding hydrogens is 288 g/mol. The largest absolute Gasteiger partial charge is 0.352 e. The number of carbonyl (C=O) groups excluding carboxylic acids is 2. The first kappa shape index (κ1) is 15.8. The Balaban J connectivity index is 2.14. The third-order valence-corrected chi connectivity index (χ3v) is 3.98. The van der Waals surface area contributed by atoms with Crippen molar-refractivity contribution in [3.8, 4) is 0 Å². The predicted molar refractivity (Wildman–Crippen MR) is 84.7 cm³/mol. The van der Waals surface area contributed by atoms with Crippen molar-refractivity contribution in [2.24, 2.45) is 5.92 Å². The molecule has 0 unspecified atom stereocenters. The molecule has 21 heavy (non-hydrogen) atoms. The Morgan fingerprint density at radius 1 is 1.29 bits per heavy atom. The van der Waals surface area contributed by atoms with Crippen LogP contribution < -0.4 is 10.6 Å². The summed E-state index contributed by atoms with van der Waals surface area (Å²) in [4.78, 5) is 24.4. The number of carbonyl (C=O) groups is 2. The summed E-state index contributed by atoms with van der Waals surface area (Å²) >= 11 is 5.99. The maximum atomic E-state index is 12.2. The van der Waals surface area contributed by atoms with Gasteiger partial charge >= 0.3 is 0 Å². The van der Waals surface area contributed by atoms with E-state index in [4.69, 9.17) is 11.6 Å². The molecule has 0 bridgehead atoms. The second kappa shape index (κ2) is 7.46. The van der Waals surface area contributed by atoms with E-state index >= 15 is 0 Å². The fraction of sp³-hybridized carbons (Fsp3) is 0.500. The monoisotopic (exact) mass is 308 g/mol. The zero-order chi connectivity index (χ0) is 15.2. The van der Waals surface area contributed by atoms with Crippen LogP contribution in [0.2, 0.25) is 5.02 Å². The second-order valence-corrected chi connectivity index (χ2v) is 5.85. The molecule has 0 radical (unpaired) electrons. The molecule has 1 fully saturated rings. The summed E-state index contributed by atoms with van der Waals surface area (Å²) in [6, 6.07) is 4.94. The van der Waals surface area contributed by atoms with E-state index in [1.165, 1.54) is 0 Å². The van der Waals surface area contributed by atoms with Gasteiger partial charge in [0.1, 0.15) is 0 Å². The highest BCUT2D eigenvalue weighted by atomic mass is 35.5. The standard InChI is InChI=1S/C16H21ClN2O2/c1-2-9-18-16(21)13-8-7-12(17)10-14(13)19-15(20)11-5-3-4-6-11/h7-8,10-11H,2-6,9H2,1H3,(H,18,21)(H,19,20). The summed E-state index contributed by atoms with van der Waals surface area (Å²) < 4.78 is 0. The topological polar surface area (TPSA) is 58.2 Å². The summed E-state index contributed by atoms with van der Waals surface area (Å²) in [5.74, 6) is -0.148. The Bertz CT molecular complexity index is 525. The molecule has 0 saturated heterocycles. The lowest BCUT2D eigenvalue weighted by molar-refractivity contribution is -0.119. The van der Waals surface area contributed by atoms with Crippen molar-refractivity contribution in [2.75, 3.05) is 11.9 Å². The number of hydrogen-bond donors (Lipinski definition) is 2. The number of nitrogens with one attached hydrogen (secondary N) is 2. The van der Waals surface area contributed by atoms with Gasteiger partial charge in [0.25, 0.3) is 5.91 Å². The maximum Gasteiger partial charge on any atom is 0.253 e. The molecule has 1 aliphatic rings. The van der Waals surface area contributed by atoms with Crippen molar-refractivity contribution in [1.29, 1.82) is 0 Å². The van der Waals surface area contributed by atoms with Crippen molar-refractivity contribution in [1.82, 2.24) is 5.32 Å². The van der Waals surface area contributed by atoms with E-state index in [0.717, 1.165) is 32.1 Å². The van der Waals surface area contributed by atoms with E-state index in [9.17, 15) is 9.59 Å². The zero-order valence-electron chi connectivity index (χ0n) is 12.2. The van der Waals surface area contributed by atoms with Crippen LogP contribution in [0, 0.1) is 5.92 Å². The summed E-state index contributed by atoms with van der Waals surface area (Å²) in [6.07, 6.45) is 4.89. The first-order valence-electron chi connectivity index (χ1n) is 7.50. The maximum absolute atomic E-state index is 12.2. The first-order valence-corrected chi connectivity index (χ1v) is 7.88. The molecule has 0 heterocycles. The van der Waals surface area contributed by atoms with E-state index in [1.54, 1.807) is 18.2 Å². The highest BCUT2D eigenvalue weighted by Crippen LogP contribution is 2.27. The number of anilines is 1. The second-order valence-electron chi connectivity index (χ2n) is 5.42. The third kappa shape index (κ3) is 4.21. The minimum atomic E-state index is -0.185. The van der Waals surface area contributed by atoms with E-state index in [0.29, 0.717) is 22.8 Å². The number of rotatable bonds is 5. The van der Waals surface area contributed by atoms with E-state index in [1.807, 2.05) is 6.92 Å². The fourth-order valence-electron chi connectivity index (χ4n) is 2.57. The van der Waals surface area contributed by atoms with Crippen LogP contribution in [0.1, 0.15) is 49.4 Å². The average molecular weight is 309 g/mol. The van der Waals surface area contributed by atoms with Crippen LogP contribution in [0.3, 0.4) is 0 Å². The molecule has 1 aliphatic carbocycles. The van der Waals surface area contributed by atoms with Crippen molar-refractivity contribution < 1.29 is 9.59 Å². The normalized spacial score (nSPS) is 15.0. The number of amides is 2. The molecule has 1 aromatic carbocycles. The van der Waals surface area contributed by atoms with E-state index < -0.39 is 0 Å².